The number of halogens is 5. The van der Waals surface area contributed by atoms with Crippen LogP contribution >= 0.6 is 0 Å². The average Bonchev–Trinajstić information content (AvgIpc) is 2.81. The quantitative estimate of drug-likeness (QED) is 0.0572. The molecule has 34 heavy (non-hydrogen) atoms. The van der Waals surface area contributed by atoms with Crippen molar-refractivity contribution in [3.8, 4) is 0 Å². The summed E-state index contributed by atoms with van der Waals surface area (Å²) in [6.07, 6.45) is 18.9. The van der Waals surface area contributed by atoms with Crippen LogP contribution in [0.1, 0.15) is 109 Å². The van der Waals surface area contributed by atoms with Crippen molar-refractivity contribution in [3.63, 3.8) is 0 Å². The van der Waals surface area contributed by atoms with Gasteiger partial charge in [-0.25, -0.2) is 22.0 Å². The van der Waals surface area contributed by atoms with Gasteiger partial charge in [0.1, 0.15) is 0 Å². The van der Waals surface area contributed by atoms with Gasteiger partial charge in [-0.05, 0) is 19.5 Å². The molecule has 0 aromatic heterocycles. The second-order valence-electron chi connectivity index (χ2n) is 9.54. The second-order valence-corrected chi connectivity index (χ2v) is 12.9. The molecule has 0 bridgehead atoms. The number of unbranched alkanes of at least 4 members (excludes halogenated alkanes) is 14. The van der Waals surface area contributed by atoms with Crippen LogP contribution in [0.15, 0.2) is 0 Å². The summed E-state index contributed by atoms with van der Waals surface area (Å²) < 4.78 is 78.4. The third-order valence-corrected chi connectivity index (χ3v) is 7.80. The molecular formula is C26H43F5O2Si. The third-order valence-electron chi connectivity index (χ3n) is 6.06. The number of hydrogen-bond acceptors (Lipinski definition) is 2. The van der Waals surface area contributed by atoms with E-state index in [4.69, 9.17) is 8.85 Å². The lowest BCUT2D eigenvalue weighted by molar-refractivity contribution is 0.163. The zero-order valence-corrected chi connectivity index (χ0v) is 22.2. The highest BCUT2D eigenvalue weighted by molar-refractivity contribution is 6.64. The maximum atomic E-state index is 13.8. The lowest BCUT2D eigenvalue weighted by atomic mass is 10.0. The van der Waals surface area contributed by atoms with E-state index in [0.717, 1.165) is 19.3 Å². The minimum Gasteiger partial charge on any atom is -0.395 e. The van der Waals surface area contributed by atoms with Crippen molar-refractivity contribution in [2.24, 2.45) is 0 Å². The van der Waals surface area contributed by atoms with E-state index in [1.807, 2.05) is 0 Å². The lowest BCUT2D eigenvalue weighted by Gasteiger charge is -2.23. The van der Waals surface area contributed by atoms with E-state index in [1.165, 1.54) is 77.0 Å². The Bertz CT molecular complexity index is 671. The Labute approximate surface area is 203 Å². The SMILES string of the molecule is CCCCCCCCCCCCCCCCCO[Si](C)(C)OCc1c(F)c(F)c(F)c(F)c1F. The maximum Gasteiger partial charge on any atom is 0.332 e. The Morgan fingerprint density at radius 2 is 0.853 bits per heavy atom. The minimum atomic E-state index is -2.76. The van der Waals surface area contributed by atoms with E-state index < -0.39 is 49.8 Å². The molecule has 0 N–H and O–H groups in total. The molecule has 1 aromatic rings. The van der Waals surface area contributed by atoms with Crippen LogP contribution in [0.4, 0.5) is 22.0 Å². The predicted molar refractivity (Wildman–Crippen MR) is 129 cm³/mol. The summed E-state index contributed by atoms with van der Waals surface area (Å²) in [7, 11) is -2.76. The van der Waals surface area contributed by atoms with Crippen molar-refractivity contribution in [2.45, 2.75) is 123 Å². The predicted octanol–water partition coefficient (Wildman–Crippen LogP) is 9.49. The van der Waals surface area contributed by atoms with E-state index in [9.17, 15) is 22.0 Å². The summed E-state index contributed by atoms with van der Waals surface area (Å²) >= 11 is 0. The summed E-state index contributed by atoms with van der Waals surface area (Å²) in [5.41, 5.74) is -0.965. The summed E-state index contributed by atoms with van der Waals surface area (Å²) in [5, 5.41) is 0. The van der Waals surface area contributed by atoms with Crippen molar-refractivity contribution < 1.29 is 30.8 Å². The topological polar surface area (TPSA) is 18.5 Å². The fraction of sp³-hybridized carbons (Fsp3) is 0.769. The number of hydrogen-bond donors (Lipinski definition) is 0. The molecule has 1 rings (SSSR count). The van der Waals surface area contributed by atoms with Gasteiger partial charge in [0.25, 0.3) is 0 Å². The van der Waals surface area contributed by atoms with Crippen molar-refractivity contribution in [1.29, 1.82) is 0 Å². The molecule has 0 spiro atoms. The van der Waals surface area contributed by atoms with Gasteiger partial charge in [0, 0.05) is 6.61 Å². The minimum absolute atomic E-state index is 0.453. The molecule has 1 aromatic carbocycles. The molecule has 8 heteroatoms. The highest BCUT2D eigenvalue weighted by Crippen LogP contribution is 2.25. The zero-order chi connectivity index (χ0) is 25.4. The molecule has 0 saturated carbocycles. The number of benzene rings is 1. The van der Waals surface area contributed by atoms with Crippen LogP contribution in [0.2, 0.25) is 13.1 Å². The van der Waals surface area contributed by atoms with Crippen LogP contribution in [-0.2, 0) is 15.5 Å². The van der Waals surface area contributed by atoms with E-state index in [1.54, 1.807) is 13.1 Å². The summed E-state index contributed by atoms with van der Waals surface area (Å²) in [4.78, 5) is 0. The summed E-state index contributed by atoms with van der Waals surface area (Å²) in [6.45, 7) is 5.35. The average molecular weight is 511 g/mol. The third kappa shape index (κ3) is 12.1. The standard InChI is InChI=1S/C26H43F5O2Si/c1-4-5-6-7-8-9-10-11-12-13-14-15-16-17-18-19-32-34(2,3)33-20-21-22(27)24(29)26(31)25(30)23(21)28/h4-20H2,1-3H3. The smallest absolute Gasteiger partial charge is 0.332 e. The molecule has 0 aliphatic carbocycles. The molecule has 198 valence electrons. The van der Waals surface area contributed by atoms with E-state index in [2.05, 4.69) is 6.92 Å². The first-order valence-corrected chi connectivity index (χ1v) is 15.8. The molecule has 0 aliphatic rings. The molecule has 0 heterocycles. The molecule has 0 atom stereocenters. The van der Waals surface area contributed by atoms with Gasteiger partial charge in [-0.2, -0.15) is 0 Å². The highest BCUT2D eigenvalue weighted by Gasteiger charge is 2.29. The second kappa shape index (κ2) is 17.4. The Hall–Kier alpha value is -0.993. The first-order valence-electron chi connectivity index (χ1n) is 13.0. The molecule has 0 amide bonds. The van der Waals surface area contributed by atoms with Gasteiger partial charge in [0.2, 0.25) is 5.82 Å². The molecule has 0 radical (unpaired) electrons. The van der Waals surface area contributed by atoms with Gasteiger partial charge in [-0.15, -0.1) is 0 Å². The van der Waals surface area contributed by atoms with Crippen LogP contribution in [0, 0.1) is 29.1 Å². The largest absolute Gasteiger partial charge is 0.395 e. The van der Waals surface area contributed by atoms with Crippen LogP contribution < -0.4 is 0 Å². The Morgan fingerprint density at radius 3 is 1.26 bits per heavy atom. The van der Waals surface area contributed by atoms with E-state index >= 15 is 0 Å². The first-order chi connectivity index (χ1) is 16.2. The van der Waals surface area contributed by atoms with Gasteiger partial charge in [0.05, 0.1) is 12.2 Å². The fourth-order valence-corrected chi connectivity index (χ4v) is 5.07. The van der Waals surface area contributed by atoms with Crippen LogP contribution in [0.3, 0.4) is 0 Å². The van der Waals surface area contributed by atoms with E-state index in [0.29, 0.717) is 6.61 Å². The van der Waals surface area contributed by atoms with Crippen molar-refractivity contribution in [1.82, 2.24) is 0 Å². The number of rotatable bonds is 20. The van der Waals surface area contributed by atoms with Gasteiger partial charge in [-0.3, -0.25) is 0 Å². The lowest BCUT2D eigenvalue weighted by Crippen LogP contribution is -2.35. The Balaban J connectivity index is 2.07. The summed E-state index contributed by atoms with van der Waals surface area (Å²) in [6, 6.07) is 0. The van der Waals surface area contributed by atoms with Gasteiger partial charge in [0.15, 0.2) is 23.3 Å². The molecule has 0 fully saturated rings. The van der Waals surface area contributed by atoms with Crippen molar-refractivity contribution >= 4 is 8.56 Å². The summed E-state index contributed by atoms with van der Waals surface area (Å²) in [5.74, 6) is -9.81. The van der Waals surface area contributed by atoms with Gasteiger partial charge >= 0.3 is 8.56 Å². The van der Waals surface area contributed by atoms with Crippen LogP contribution in [-0.4, -0.2) is 15.2 Å². The molecule has 0 unspecified atom stereocenters. The first kappa shape index (κ1) is 31.0. The van der Waals surface area contributed by atoms with Gasteiger partial charge < -0.3 is 8.85 Å². The van der Waals surface area contributed by atoms with Crippen molar-refractivity contribution in [2.75, 3.05) is 6.61 Å². The normalized spacial score (nSPS) is 12.0. The van der Waals surface area contributed by atoms with Gasteiger partial charge in [-0.1, -0.05) is 96.8 Å². The van der Waals surface area contributed by atoms with Crippen LogP contribution in [0.5, 0.6) is 0 Å². The van der Waals surface area contributed by atoms with Crippen LogP contribution in [0.25, 0.3) is 0 Å². The zero-order valence-electron chi connectivity index (χ0n) is 21.2. The highest BCUT2D eigenvalue weighted by atomic mass is 28.4. The molecule has 0 saturated heterocycles. The molecular weight excluding hydrogens is 467 g/mol. The maximum absolute atomic E-state index is 13.8. The Morgan fingerprint density at radius 1 is 0.500 bits per heavy atom. The van der Waals surface area contributed by atoms with E-state index in [-0.39, 0.29) is 0 Å². The fourth-order valence-electron chi connectivity index (χ4n) is 3.86. The molecule has 0 aliphatic heterocycles. The monoisotopic (exact) mass is 510 g/mol. The van der Waals surface area contributed by atoms with Crippen molar-refractivity contribution in [3.05, 3.63) is 34.6 Å². The molecule has 2 nitrogen and oxygen atoms in total. The Kier molecular flexibility index (Phi) is 15.9.